The van der Waals surface area contributed by atoms with E-state index in [0.717, 1.165) is 77.5 Å². The summed E-state index contributed by atoms with van der Waals surface area (Å²) in [4.78, 5) is 30.5. The molecule has 10 nitrogen and oxygen atoms in total. The third-order valence-corrected chi connectivity index (χ3v) is 10.8. The summed E-state index contributed by atoms with van der Waals surface area (Å²) >= 11 is 0. The van der Waals surface area contributed by atoms with Crippen molar-refractivity contribution in [1.82, 2.24) is 15.2 Å². The average molecular weight is 762 g/mol. The van der Waals surface area contributed by atoms with Gasteiger partial charge in [-0.1, -0.05) is 105 Å². The number of hydrogen-bond acceptors (Lipinski definition) is 9. The smallest absolute Gasteiger partial charge is 0.347 e. The average Bonchev–Trinajstić information content (AvgIpc) is 3.23. The summed E-state index contributed by atoms with van der Waals surface area (Å²) in [5.41, 5.74) is 0.879. The summed E-state index contributed by atoms with van der Waals surface area (Å²) < 4.78 is 12.0. The largest absolute Gasteiger partial charge is 0.506 e. The number of fused-ring (bicyclic) bond motifs is 1. The summed E-state index contributed by atoms with van der Waals surface area (Å²) in [5, 5.41) is 36.9. The van der Waals surface area contributed by atoms with Crippen LogP contribution in [0, 0.1) is 5.92 Å². The van der Waals surface area contributed by atoms with E-state index in [1.54, 1.807) is 42.5 Å². The molecule has 0 spiro atoms. The molecular formula is C46H55N3O7. The maximum Gasteiger partial charge on any atom is 0.347 e. The normalized spacial score (nSPS) is 15.3. The van der Waals surface area contributed by atoms with Crippen LogP contribution in [0.25, 0.3) is 10.9 Å². The molecule has 1 fully saturated rings. The lowest BCUT2D eigenvalue weighted by molar-refractivity contribution is -0.164. The molecule has 5 aromatic rings. The van der Waals surface area contributed by atoms with Crippen LogP contribution in [0.4, 0.5) is 0 Å². The van der Waals surface area contributed by atoms with Crippen LogP contribution in [-0.4, -0.2) is 70.6 Å². The number of nitrogens with zero attached hydrogens (tertiary/aromatic N) is 1. The van der Waals surface area contributed by atoms with Crippen molar-refractivity contribution < 1.29 is 29.6 Å². The van der Waals surface area contributed by atoms with Crippen molar-refractivity contribution in [3.8, 4) is 11.5 Å². The number of phenolic OH excluding ortho intramolecular Hbond substituents is 1. The van der Waals surface area contributed by atoms with Gasteiger partial charge in [-0.2, -0.15) is 0 Å². The molecule has 1 saturated heterocycles. The number of pyridine rings is 1. The van der Waals surface area contributed by atoms with Gasteiger partial charge in [0, 0.05) is 30.1 Å². The Kier molecular flexibility index (Phi) is 14.7. The SMILES string of the molecule is O=C(OCC1CCN(Cc2ccccc2)CC1)C(O)(c1ccccc1)c1cccc(OCCCCCCCCNC[C@@H](O)c2ccc(O)c3[nH]c(=O)ccc23)c1. The van der Waals surface area contributed by atoms with Crippen molar-refractivity contribution in [2.24, 2.45) is 5.92 Å². The Balaban J connectivity index is 0.897. The monoisotopic (exact) mass is 761 g/mol. The molecule has 296 valence electrons. The number of carbonyl (C=O) groups is 1. The maximum absolute atomic E-state index is 13.8. The number of H-pyrrole nitrogens is 1. The number of ether oxygens (including phenoxy) is 2. The second-order valence-electron chi connectivity index (χ2n) is 14.9. The molecule has 2 heterocycles. The fourth-order valence-corrected chi connectivity index (χ4v) is 7.49. The number of benzene rings is 4. The molecule has 0 aliphatic carbocycles. The molecule has 0 radical (unpaired) electrons. The van der Waals surface area contributed by atoms with Gasteiger partial charge in [-0.25, -0.2) is 4.79 Å². The quantitative estimate of drug-likeness (QED) is 0.0420. The van der Waals surface area contributed by atoms with Gasteiger partial charge in [0.2, 0.25) is 11.2 Å². The molecule has 4 aromatic carbocycles. The lowest BCUT2D eigenvalue weighted by Crippen LogP contribution is -2.40. The van der Waals surface area contributed by atoms with E-state index in [1.165, 1.54) is 17.7 Å². The number of esters is 1. The predicted molar refractivity (Wildman–Crippen MR) is 219 cm³/mol. The zero-order valence-electron chi connectivity index (χ0n) is 32.1. The Hall–Kier alpha value is -5.00. The minimum Gasteiger partial charge on any atom is -0.506 e. The molecule has 1 aliphatic rings. The number of aromatic amines is 1. The van der Waals surface area contributed by atoms with Crippen LogP contribution in [0.1, 0.15) is 79.7 Å². The van der Waals surface area contributed by atoms with E-state index in [-0.39, 0.29) is 23.8 Å². The van der Waals surface area contributed by atoms with Gasteiger partial charge in [-0.3, -0.25) is 9.69 Å². The Morgan fingerprint density at radius 3 is 2.30 bits per heavy atom. The lowest BCUT2D eigenvalue weighted by atomic mass is 9.86. The van der Waals surface area contributed by atoms with Crippen LogP contribution in [0.2, 0.25) is 0 Å². The van der Waals surface area contributed by atoms with Gasteiger partial charge in [-0.15, -0.1) is 0 Å². The first kappa shape index (κ1) is 40.7. The van der Waals surface area contributed by atoms with Gasteiger partial charge in [0.1, 0.15) is 11.5 Å². The van der Waals surface area contributed by atoms with E-state index in [1.807, 2.05) is 30.3 Å². The summed E-state index contributed by atoms with van der Waals surface area (Å²) in [6.07, 6.45) is 7.23. The molecule has 0 bridgehead atoms. The number of rotatable bonds is 20. The highest BCUT2D eigenvalue weighted by molar-refractivity contribution is 5.87. The number of phenols is 1. The number of aliphatic hydroxyl groups excluding tert-OH is 1. The van der Waals surface area contributed by atoms with Crippen LogP contribution in [0.3, 0.4) is 0 Å². The van der Waals surface area contributed by atoms with E-state index in [9.17, 15) is 24.9 Å². The topological polar surface area (TPSA) is 144 Å². The number of hydrogen-bond donors (Lipinski definition) is 5. The van der Waals surface area contributed by atoms with Crippen molar-refractivity contribution >= 4 is 16.9 Å². The minimum absolute atomic E-state index is 0.0230. The van der Waals surface area contributed by atoms with E-state index < -0.39 is 17.7 Å². The first-order valence-electron chi connectivity index (χ1n) is 20.0. The zero-order valence-corrected chi connectivity index (χ0v) is 32.1. The number of carbonyl (C=O) groups excluding carboxylic acids is 1. The second kappa shape index (κ2) is 20.2. The molecule has 1 unspecified atom stereocenters. The summed E-state index contributed by atoms with van der Waals surface area (Å²) in [5.74, 6) is 0.136. The molecule has 6 rings (SSSR count). The van der Waals surface area contributed by atoms with Gasteiger partial charge in [0.05, 0.1) is 24.8 Å². The molecule has 1 aliphatic heterocycles. The predicted octanol–water partition coefficient (Wildman–Crippen LogP) is 6.97. The highest BCUT2D eigenvalue weighted by Gasteiger charge is 2.42. The van der Waals surface area contributed by atoms with Crippen LogP contribution in [0.5, 0.6) is 11.5 Å². The first-order valence-corrected chi connectivity index (χ1v) is 20.0. The van der Waals surface area contributed by atoms with Crippen LogP contribution >= 0.6 is 0 Å². The van der Waals surface area contributed by atoms with E-state index in [2.05, 4.69) is 39.5 Å². The number of aromatic nitrogens is 1. The highest BCUT2D eigenvalue weighted by atomic mass is 16.5. The van der Waals surface area contributed by atoms with Crippen molar-refractivity contribution in [1.29, 1.82) is 0 Å². The number of aliphatic hydroxyl groups is 2. The minimum atomic E-state index is -1.97. The molecular weight excluding hydrogens is 707 g/mol. The van der Waals surface area contributed by atoms with Crippen molar-refractivity contribution in [3.63, 3.8) is 0 Å². The summed E-state index contributed by atoms with van der Waals surface area (Å²) in [6.45, 7) is 4.75. The third kappa shape index (κ3) is 10.9. The fraction of sp³-hybridized carbons (Fsp3) is 0.391. The fourth-order valence-electron chi connectivity index (χ4n) is 7.49. The first-order chi connectivity index (χ1) is 27.3. The lowest BCUT2D eigenvalue weighted by Gasteiger charge is -2.33. The van der Waals surface area contributed by atoms with Gasteiger partial charge < -0.3 is 35.1 Å². The van der Waals surface area contributed by atoms with Crippen LogP contribution < -0.4 is 15.6 Å². The molecule has 1 aromatic heterocycles. The van der Waals surface area contributed by atoms with Gasteiger partial charge in [0.15, 0.2) is 0 Å². The highest BCUT2D eigenvalue weighted by Crippen LogP contribution is 2.34. The van der Waals surface area contributed by atoms with Crippen LogP contribution in [-0.2, 0) is 21.7 Å². The number of likely N-dealkylation sites (tertiary alicyclic amines) is 1. The zero-order chi connectivity index (χ0) is 39.2. The Morgan fingerprint density at radius 2 is 1.54 bits per heavy atom. The summed E-state index contributed by atoms with van der Waals surface area (Å²) in [6, 6.07) is 32.8. The number of piperidine rings is 1. The van der Waals surface area contributed by atoms with E-state index in [0.29, 0.717) is 46.5 Å². The third-order valence-electron chi connectivity index (χ3n) is 10.8. The molecule has 0 saturated carbocycles. The number of aromatic hydroxyl groups is 1. The van der Waals surface area contributed by atoms with Crippen molar-refractivity contribution in [2.45, 2.75) is 69.6 Å². The standard InChI is InChI=1S/C46H55N3O7/c50-41-22-20-39(40-21-23-43(52)48-44(40)41)42(51)31-47-26-11-3-1-2-4-12-29-55-38-19-13-18-37(30-38)46(54,36-16-9-6-10-17-36)45(53)56-33-35-24-27-49(28-25-35)32-34-14-7-5-8-15-34/h5-10,13-23,30,35,42,47,50-51,54H,1-4,11-12,24-29,31-33H2,(H,48,52)/t42-,46?/m1/s1. The molecule has 0 amide bonds. The van der Waals surface area contributed by atoms with Gasteiger partial charge >= 0.3 is 5.97 Å². The van der Waals surface area contributed by atoms with Crippen molar-refractivity contribution in [3.05, 3.63) is 142 Å². The van der Waals surface area contributed by atoms with Crippen LogP contribution in [0.15, 0.2) is 114 Å². The molecule has 5 N–H and O–H groups in total. The Morgan fingerprint density at radius 1 is 0.839 bits per heavy atom. The number of nitrogens with one attached hydrogen (secondary N) is 2. The van der Waals surface area contributed by atoms with E-state index in [4.69, 9.17) is 9.47 Å². The van der Waals surface area contributed by atoms with E-state index >= 15 is 0 Å². The number of unbranched alkanes of at least 4 members (excludes halogenated alkanes) is 5. The summed E-state index contributed by atoms with van der Waals surface area (Å²) in [7, 11) is 0. The molecule has 2 atom stereocenters. The van der Waals surface area contributed by atoms with Gasteiger partial charge in [0.25, 0.3) is 0 Å². The van der Waals surface area contributed by atoms with Gasteiger partial charge in [-0.05, 0) is 92.2 Å². The molecule has 56 heavy (non-hydrogen) atoms. The molecule has 10 heteroatoms. The maximum atomic E-state index is 13.8. The Labute approximate surface area is 329 Å². The second-order valence-corrected chi connectivity index (χ2v) is 14.9. The Bertz CT molecular complexity index is 2030. The van der Waals surface area contributed by atoms with Crippen molar-refractivity contribution in [2.75, 3.05) is 39.4 Å².